The Morgan fingerprint density at radius 3 is 2.20 bits per heavy atom. The van der Waals surface area contributed by atoms with Gasteiger partial charge in [0, 0.05) is 31.7 Å². The summed E-state index contributed by atoms with van der Waals surface area (Å²) in [4.78, 5) is 27.2. The number of aromatic hydroxyl groups is 1. The van der Waals surface area contributed by atoms with Crippen LogP contribution in [0.3, 0.4) is 0 Å². The molecule has 44 heavy (non-hydrogen) atoms. The molecule has 1 heterocycles. The number of ether oxygens (including phenoxy) is 1. The molecule has 1 aliphatic heterocycles. The van der Waals surface area contributed by atoms with Crippen molar-refractivity contribution in [3.63, 3.8) is 0 Å². The third-order valence-corrected chi connectivity index (χ3v) is 7.80. The first-order chi connectivity index (χ1) is 21.4. The van der Waals surface area contributed by atoms with Crippen LogP contribution in [0.15, 0.2) is 91.0 Å². The van der Waals surface area contributed by atoms with Crippen LogP contribution >= 0.6 is 0 Å². The normalized spacial score (nSPS) is 13.8. The number of hydrogen-bond donors (Lipinski definition) is 3. The highest BCUT2D eigenvalue weighted by Crippen LogP contribution is 2.28. The highest BCUT2D eigenvalue weighted by atomic mass is 19.2. The Morgan fingerprint density at radius 2 is 1.48 bits per heavy atom. The molecule has 9 heteroatoms. The summed E-state index contributed by atoms with van der Waals surface area (Å²) in [6.45, 7) is 2.85. The highest BCUT2D eigenvalue weighted by Gasteiger charge is 2.23. The number of phenols is 1. The lowest BCUT2D eigenvalue weighted by Crippen LogP contribution is -2.39. The summed E-state index contributed by atoms with van der Waals surface area (Å²) >= 11 is 0. The van der Waals surface area contributed by atoms with Crippen LogP contribution in [0.5, 0.6) is 5.75 Å². The fraction of sp³-hybridized carbons (Fsp3) is 0.257. The van der Waals surface area contributed by atoms with Crippen molar-refractivity contribution in [1.29, 1.82) is 0 Å². The third kappa shape index (κ3) is 7.99. The van der Waals surface area contributed by atoms with Crippen molar-refractivity contribution in [2.75, 3.05) is 31.5 Å². The number of anilines is 1. The van der Waals surface area contributed by atoms with Crippen molar-refractivity contribution >= 4 is 17.7 Å². The lowest BCUT2D eigenvalue weighted by atomic mass is 10.0. The summed E-state index contributed by atoms with van der Waals surface area (Å²) in [5.41, 5.74) is 4.44. The first-order valence-corrected chi connectivity index (χ1v) is 14.7. The Hall–Kier alpha value is -4.76. The quantitative estimate of drug-likeness (QED) is 0.192. The highest BCUT2D eigenvalue weighted by molar-refractivity contribution is 5.94. The van der Waals surface area contributed by atoms with E-state index in [-0.39, 0.29) is 12.6 Å². The monoisotopic (exact) mass is 599 g/mol. The van der Waals surface area contributed by atoms with E-state index in [9.17, 15) is 23.5 Å². The Morgan fingerprint density at radius 1 is 0.818 bits per heavy atom. The van der Waals surface area contributed by atoms with Gasteiger partial charge in [0.1, 0.15) is 6.10 Å². The van der Waals surface area contributed by atoms with Gasteiger partial charge in [-0.1, -0.05) is 72.8 Å². The maximum absolute atomic E-state index is 13.9. The third-order valence-electron chi connectivity index (χ3n) is 7.80. The number of likely N-dealkylation sites (tertiary alicyclic amines) is 1. The first kappa shape index (κ1) is 30.7. The molecule has 0 unspecified atom stereocenters. The van der Waals surface area contributed by atoms with Gasteiger partial charge < -0.3 is 20.1 Å². The summed E-state index contributed by atoms with van der Waals surface area (Å²) in [5.74, 6) is -4.37. The second-order valence-corrected chi connectivity index (χ2v) is 10.8. The molecule has 4 aromatic carbocycles. The van der Waals surface area contributed by atoms with E-state index in [1.165, 1.54) is 5.56 Å². The molecule has 1 fully saturated rings. The molecule has 0 aliphatic carbocycles. The van der Waals surface area contributed by atoms with Crippen molar-refractivity contribution in [2.45, 2.75) is 31.8 Å². The molecule has 3 N–H and O–H groups in total. The van der Waals surface area contributed by atoms with E-state index in [1.54, 1.807) is 0 Å². The van der Waals surface area contributed by atoms with Crippen LogP contribution in [0.1, 0.15) is 34.3 Å². The number of phenolic OH excluding ortho intramolecular Hbond substituents is 1. The van der Waals surface area contributed by atoms with Crippen LogP contribution in [-0.2, 0) is 17.6 Å². The minimum Gasteiger partial charge on any atom is -0.505 e. The number of para-hydroxylation sites is 1. The van der Waals surface area contributed by atoms with Crippen LogP contribution in [-0.4, -0.2) is 54.3 Å². The molecule has 0 radical (unpaired) electrons. The predicted octanol–water partition coefficient (Wildman–Crippen LogP) is 6.57. The Kier molecular flexibility index (Phi) is 10.2. The summed E-state index contributed by atoms with van der Waals surface area (Å²) in [5, 5.41) is 14.7. The van der Waals surface area contributed by atoms with Crippen LogP contribution in [0.4, 0.5) is 19.3 Å². The Labute approximate surface area is 255 Å². The molecule has 0 spiro atoms. The molecule has 1 aliphatic rings. The summed E-state index contributed by atoms with van der Waals surface area (Å²) in [6.07, 6.45) is 2.41. The van der Waals surface area contributed by atoms with Crippen LogP contribution < -0.4 is 10.6 Å². The van der Waals surface area contributed by atoms with Crippen molar-refractivity contribution in [2.24, 2.45) is 0 Å². The van der Waals surface area contributed by atoms with Crippen molar-refractivity contribution < 1.29 is 28.2 Å². The number of halogens is 2. The van der Waals surface area contributed by atoms with Crippen LogP contribution in [0, 0.1) is 11.6 Å². The zero-order valence-electron chi connectivity index (χ0n) is 24.3. The van der Waals surface area contributed by atoms with E-state index >= 15 is 0 Å². The van der Waals surface area contributed by atoms with Gasteiger partial charge in [-0.15, -0.1) is 0 Å². The van der Waals surface area contributed by atoms with E-state index < -0.39 is 34.9 Å². The fourth-order valence-electron chi connectivity index (χ4n) is 5.29. The SMILES string of the molecule is O=C(Nc1ccccc1-c1ccccc1)OC1CCN(CCc2ccc(CCNC(=O)c3ccc(O)c(F)c3F)cc2)CC1. The number of nitrogens with one attached hydrogen (secondary N) is 2. The second kappa shape index (κ2) is 14.6. The van der Waals surface area contributed by atoms with Gasteiger partial charge in [-0.3, -0.25) is 10.1 Å². The van der Waals surface area contributed by atoms with Gasteiger partial charge in [-0.2, -0.15) is 4.39 Å². The first-order valence-electron chi connectivity index (χ1n) is 14.7. The van der Waals surface area contributed by atoms with Gasteiger partial charge in [0.25, 0.3) is 5.91 Å². The van der Waals surface area contributed by atoms with E-state index in [2.05, 4.69) is 27.7 Å². The summed E-state index contributed by atoms with van der Waals surface area (Å²) < 4.78 is 33.2. The number of carbonyl (C=O) groups excluding carboxylic acids is 2. The standard InChI is InChI=1S/C35H35F2N3O4/c36-32-29(14-15-31(41)33(32)37)34(42)38-20-16-24-10-12-25(13-11-24)17-21-40-22-18-27(19-23-40)44-35(43)39-30-9-5-4-8-28(30)26-6-2-1-3-7-26/h1-15,27,41H,16-23H2,(H,38,42)(H,39,43). The van der Waals surface area contributed by atoms with Crippen molar-refractivity contribution in [3.05, 3.63) is 119 Å². The minimum atomic E-state index is -1.44. The average molecular weight is 600 g/mol. The van der Waals surface area contributed by atoms with E-state index in [1.807, 2.05) is 66.7 Å². The van der Waals surface area contributed by atoms with Crippen LogP contribution in [0.2, 0.25) is 0 Å². The van der Waals surface area contributed by atoms with Gasteiger partial charge in [0.05, 0.1) is 11.3 Å². The van der Waals surface area contributed by atoms with Gasteiger partial charge in [-0.25, -0.2) is 9.18 Å². The number of nitrogens with zero attached hydrogens (tertiary/aromatic N) is 1. The number of hydrogen-bond acceptors (Lipinski definition) is 5. The molecule has 228 valence electrons. The smallest absolute Gasteiger partial charge is 0.411 e. The van der Waals surface area contributed by atoms with Crippen molar-refractivity contribution in [1.82, 2.24) is 10.2 Å². The van der Waals surface area contributed by atoms with E-state index in [0.717, 1.165) is 73.4 Å². The molecular formula is C35H35F2N3O4. The van der Waals surface area contributed by atoms with E-state index in [0.29, 0.717) is 6.42 Å². The molecule has 0 aromatic heterocycles. The lowest BCUT2D eigenvalue weighted by Gasteiger charge is -2.31. The predicted molar refractivity (Wildman–Crippen MR) is 166 cm³/mol. The maximum atomic E-state index is 13.9. The van der Waals surface area contributed by atoms with Gasteiger partial charge in [-0.05, 0) is 60.6 Å². The van der Waals surface area contributed by atoms with E-state index in [4.69, 9.17) is 4.74 Å². The van der Waals surface area contributed by atoms with Crippen molar-refractivity contribution in [3.8, 4) is 16.9 Å². The molecule has 5 rings (SSSR count). The Bertz CT molecular complexity index is 1570. The topological polar surface area (TPSA) is 90.9 Å². The maximum Gasteiger partial charge on any atom is 0.411 e. The lowest BCUT2D eigenvalue weighted by molar-refractivity contribution is 0.0593. The number of benzene rings is 4. The molecule has 0 saturated carbocycles. The average Bonchev–Trinajstić information content (AvgIpc) is 3.04. The van der Waals surface area contributed by atoms with Gasteiger partial charge in [0.2, 0.25) is 5.82 Å². The zero-order valence-corrected chi connectivity index (χ0v) is 24.3. The number of amides is 2. The van der Waals surface area contributed by atoms with Gasteiger partial charge in [0.15, 0.2) is 11.6 Å². The molecular weight excluding hydrogens is 564 g/mol. The molecule has 0 bridgehead atoms. The summed E-state index contributed by atoms with van der Waals surface area (Å²) in [7, 11) is 0. The zero-order chi connectivity index (χ0) is 30.9. The van der Waals surface area contributed by atoms with Gasteiger partial charge >= 0.3 is 6.09 Å². The number of piperidine rings is 1. The molecule has 7 nitrogen and oxygen atoms in total. The minimum absolute atomic E-state index is 0.125. The molecule has 4 aromatic rings. The number of rotatable bonds is 10. The summed E-state index contributed by atoms with van der Waals surface area (Å²) in [6, 6.07) is 27.7. The molecule has 1 saturated heterocycles. The molecule has 2 amide bonds. The molecule has 0 atom stereocenters. The van der Waals surface area contributed by atoms with Crippen LogP contribution in [0.25, 0.3) is 11.1 Å². The Balaban J connectivity index is 1.01. The fourth-order valence-corrected chi connectivity index (χ4v) is 5.29. The largest absolute Gasteiger partial charge is 0.505 e. The second-order valence-electron chi connectivity index (χ2n) is 10.8. The number of carbonyl (C=O) groups is 2.